The Morgan fingerprint density at radius 1 is 1.25 bits per heavy atom. The van der Waals surface area contributed by atoms with E-state index in [4.69, 9.17) is 0 Å². The van der Waals surface area contributed by atoms with Crippen LogP contribution in [0.1, 0.15) is 18.3 Å². The van der Waals surface area contributed by atoms with Gasteiger partial charge in [-0.25, -0.2) is 0 Å². The Hall–Kier alpha value is -3.11. The zero-order chi connectivity index (χ0) is 20.5. The summed E-state index contributed by atoms with van der Waals surface area (Å²) in [6, 6.07) is 3.27. The molecule has 0 bridgehead atoms. The van der Waals surface area contributed by atoms with Gasteiger partial charge < -0.3 is 19.4 Å². The summed E-state index contributed by atoms with van der Waals surface area (Å²) in [7, 11) is 0. The second-order valence-corrected chi connectivity index (χ2v) is 5.36. The maximum Gasteiger partial charge on any atom is 0.387 e. The molecule has 0 saturated heterocycles. The second kappa shape index (κ2) is 10.3. The van der Waals surface area contributed by atoms with Crippen molar-refractivity contribution >= 4 is 12.0 Å². The number of amides is 1. The van der Waals surface area contributed by atoms with Crippen molar-refractivity contribution in [1.29, 1.82) is 0 Å². The Labute approximate surface area is 158 Å². The molecule has 0 atom stereocenters. The molecular formula is C17H18F4N4O3. The van der Waals surface area contributed by atoms with E-state index in [-0.39, 0.29) is 11.3 Å². The van der Waals surface area contributed by atoms with Crippen molar-refractivity contribution in [2.24, 2.45) is 0 Å². The van der Waals surface area contributed by atoms with E-state index in [2.05, 4.69) is 25.0 Å². The summed E-state index contributed by atoms with van der Waals surface area (Å²) in [5.74, 6) is -0.493. The summed E-state index contributed by atoms with van der Waals surface area (Å²) in [5.41, 5.74) is 0.0998. The van der Waals surface area contributed by atoms with E-state index in [1.165, 1.54) is 12.1 Å². The van der Waals surface area contributed by atoms with Crippen molar-refractivity contribution in [3.8, 4) is 11.5 Å². The average Bonchev–Trinajstić information content (AvgIpc) is 3.07. The normalized spacial score (nSPS) is 11.4. The van der Waals surface area contributed by atoms with E-state index in [0.717, 1.165) is 18.2 Å². The van der Waals surface area contributed by atoms with Gasteiger partial charge in [-0.1, -0.05) is 0 Å². The fourth-order valence-corrected chi connectivity index (χ4v) is 2.29. The molecule has 1 heterocycles. The minimum atomic E-state index is -3.17. The number of rotatable bonds is 10. The zero-order valence-electron chi connectivity index (χ0n) is 14.8. The Balaban J connectivity index is 1.98. The topological polar surface area (TPSA) is 78.3 Å². The number of hydrogen-bond acceptors (Lipinski definition) is 5. The predicted octanol–water partition coefficient (Wildman–Crippen LogP) is 2.87. The summed E-state index contributed by atoms with van der Waals surface area (Å²) in [6.07, 6.45) is 4.40. The first kappa shape index (κ1) is 21.2. The minimum absolute atomic E-state index is 0.0998. The third-order valence-electron chi connectivity index (χ3n) is 3.52. The maximum absolute atomic E-state index is 12.5. The molecule has 11 heteroatoms. The van der Waals surface area contributed by atoms with Crippen molar-refractivity contribution in [3.63, 3.8) is 0 Å². The molecule has 28 heavy (non-hydrogen) atoms. The van der Waals surface area contributed by atoms with Gasteiger partial charge in [0, 0.05) is 37.2 Å². The van der Waals surface area contributed by atoms with E-state index < -0.39 is 24.9 Å². The molecule has 0 aliphatic heterocycles. The van der Waals surface area contributed by atoms with Crippen LogP contribution in [0.15, 0.2) is 30.6 Å². The van der Waals surface area contributed by atoms with Crippen molar-refractivity contribution < 1.29 is 31.8 Å². The summed E-state index contributed by atoms with van der Waals surface area (Å²) < 4.78 is 59.8. The number of ether oxygens (including phenoxy) is 2. The number of alkyl halides is 4. The highest BCUT2D eigenvalue weighted by Gasteiger charge is 2.12. The van der Waals surface area contributed by atoms with Crippen LogP contribution in [0.4, 0.5) is 17.6 Å². The summed E-state index contributed by atoms with van der Waals surface area (Å²) >= 11 is 0. The van der Waals surface area contributed by atoms with E-state index >= 15 is 0 Å². The van der Waals surface area contributed by atoms with Crippen molar-refractivity contribution in [2.75, 3.05) is 6.54 Å². The van der Waals surface area contributed by atoms with Crippen molar-refractivity contribution in [1.82, 2.24) is 20.1 Å². The number of halogens is 4. The molecular weight excluding hydrogens is 384 g/mol. The molecule has 0 aliphatic rings. The van der Waals surface area contributed by atoms with Gasteiger partial charge in [0.2, 0.25) is 5.91 Å². The molecule has 0 fully saturated rings. The van der Waals surface area contributed by atoms with Crippen LogP contribution in [0.3, 0.4) is 0 Å². The number of carbonyl (C=O) groups excluding carboxylic acids is 1. The Bertz CT molecular complexity index is 811. The summed E-state index contributed by atoms with van der Waals surface area (Å²) in [4.78, 5) is 11.9. The number of benzene rings is 1. The third kappa shape index (κ3) is 6.56. The van der Waals surface area contributed by atoms with Gasteiger partial charge in [0.1, 0.15) is 23.7 Å². The molecule has 1 aromatic carbocycles. The molecule has 1 amide bonds. The van der Waals surface area contributed by atoms with Gasteiger partial charge in [0.15, 0.2) is 0 Å². The molecule has 2 rings (SSSR count). The largest absolute Gasteiger partial charge is 0.435 e. The summed E-state index contributed by atoms with van der Waals surface area (Å²) in [6.45, 7) is -3.34. The van der Waals surface area contributed by atoms with E-state index in [1.807, 2.05) is 11.5 Å². The average molecular weight is 402 g/mol. The van der Waals surface area contributed by atoms with Crippen LogP contribution in [0.25, 0.3) is 6.08 Å². The molecule has 7 nitrogen and oxygen atoms in total. The molecule has 1 N–H and O–H groups in total. The van der Waals surface area contributed by atoms with Crippen molar-refractivity contribution in [3.05, 3.63) is 42.0 Å². The van der Waals surface area contributed by atoms with Gasteiger partial charge >= 0.3 is 13.2 Å². The summed E-state index contributed by atoms with van der Waals surface area (Å²) in [5, 5.41) is 10.3. The third-order valence-corrected chi connectivity index (χ3v) is 3.52. The first-order valence-electron chi connectivity index (χ1n) is 8.25. The number of aryl methyl sites for hydroxylation is 1. The highest BCUT2D eigenvalue weighted by molar-refractivity contribution is 5.92. The van der Waals surface area contributed by atoms with Crippen LogP contribution in [0.2, 0.25) is 0 Å². The van der Waals surface area contributed by atoms with Gasteiger partial charge in [0.25, 0.3) is 0 Å². The van der Waals surface area contributed by atoms with E-state index in [9.17, 15) is 22.4 Å². The monoisotopic (exact) mass is 402 g/mol. The highest BCUT2D eigenvalue weighted by Crippen LogP contribution is 2.28. The van der Waals surface area contributed by atoms with Gasteiger partial charge in [0.05, 0.1) is 0 Å². The Morgan fingerprint density at radius 3 is 2.68 bits per heavy atom. The molecule has 2 aromatic rings. The van der Waals surface area contributed by atoms with Crippen LogP contribution in [0.5, 0.6) is 11.5 Å². The molecule has 0 radical (unpaired) electrons. The lowest BCUT2D eigenvalue weighted by Crippen LogP contribution is -2.24. The van der Waals surface area contributed by atoms with Crippen LogP contribution in [0, 0.1) is 0 Å². The quantitative estimate of drug-likeness (QED) is 0.489. The number of nitrogens with one attached hydrogen (secondary N) is 1. The van der Waals surface area contributed by atoms with Crippen LogP contribution in [-0.2, 0) is 17.8 Å². The lowest BCUT2D eigenvalue weighted by atomic mass is 10.1. The minimum Gasteiger partial charge on any atom is -0.435 e. The number of aromatic nitrogens is 3. The molecule has 152 valence electrons. The zero-order valence-corrected chi connectivity index (χ0v) is 14.8. The first-order valence-corrected chi connectivity index (χ1v) is 8.25. The fraction of sp³-hybridized carbons (Fsp3) is 0.353. The lowest BCUT2D eigenvalue weighted by molar-refractivity contribution is -0.116. The van der Waals surface area contributed by atoms with Crippen LogP contribution < -0.4 is 14.8 Å². The molecule has 0 aliphatic carbocycles. The van der Waals surface area contributed by atoms with Gasteiger partial charge in [-0.2, -0.15) is 17.6 Å². The standard InChI is InChI=1S/C17H18F4N4O3/c1-2-25-10-23-24-14(25)7-8-22-15(26)6-4-11-3-5-12(27-16(18)19)9-13(11)28-17(20)21/h3-6,9-10,16-17H,2,7-8H2,1H3,(H,22,26). The molecule has 1 aromatic heterocycles. The number of carbonyl (C=O) groups is 1. The highest BCUT2D eigenvalue weighted by atomic mass is 19.3. The van der Waals surface area contributed by atoms with E-state index in [0.29, 0.717) is 25.3 Å². The second-order valence-electron chi connectivity index (χ2n) is 5.36. The smallest absolute Gasteiger partial charge is 0.387 e. The Kier molecular flexibility index (Phi) is 7.78. The van der Waals surface area contributed by atoms with Gasteiger partial charge in [-0.3, -0.25) is 4.79 Å². The number of nitrogens with zero attached hydrogens (tertiary/aromatic N) is 3. The lowest BCUT2D eigenvalue weighted by Gasteiger charge is -2.11. The fourth-order valence-electron chi connectivity index (χ4n) is 2.29. The van der Waals surface area contributed by atoms with Gasteiger partial charge in [-0.15, -0.1) is 10.2 Å². The van der Waals surface area contributed by atoms with E-state index in [1.54, 1.807) is 6.33 Å². The van der Waals surface area contributed by atoms with Crippen LogP contribution >= 0.6 is 0 Å². The van der Waals surface area contributed by atoms with Gasteiger partial charge in [-0.05, 0) is 25.1 Å². The SMILES string of the molecule is CCn1cnnc1CCNC(=O)C=Cc1ccc(OC(F)F)cc1OC(F)F. The predicted molar refractivity (Wildman–Crippen MR) is 91.1 cm³/mol. The first-order chi connectivity index (χ1) is 13.4. The van der Waals surface area contributed by atoms with Crippen LogP contribution in [-0.4, -0.2) is 40.4 Å². The molecule has 0 unspecified atom stereocenters. The van der Waals surface area contributed by atoms with Crippen molar-refractivity contribution in [2.45, 2.75) is 33.1 Å². The number of hydrogen-bond donors (Lipinski definition) is 1. The maximum atomic E-state index is 12.5. The molecule has 0 spiro atoms. The Morgan fingerprint density at radius 2 is 2.00 bits per heavy atom. The molecule has 0 saturated carbocycles.